The van der Waals surface area contributed by atoms with Crippen LogP contribution >= 0.6 is 11.6 Å². The van der Waals surface area contributed by atoms with Crippen molar-refractivity contribution in [3.8, 4) is 11.1 Å². The molecule has 0 saturated carbocycles. The quantitative estimate of drug-likeness (QED) is 0.717. The number of aromatic nitrogens is 2. The van der Waals surface area contributed by atoms with Crippen LogP contribution in [0.15, 0.2) is 67.3 Å². The van der Waals surface area contributed by atoms with Gasteiger partial charge in [-0.25, -0.2) is 4.98 Å². The second kappa shape index (κ2) is 6.40. The molecule has 122 valence electrons. The van der Waals surface area contributed by atoms with Gasteiger partial charge in [0.1, 0.15) is 0 Å². The van der Waals surface area contributed by atoms with Crippen molar-refractivity contribution in [3.63, 3.8) is 0 Å². The largest absolute Gasteiger partial charge is 0.342 e. The van der Waals surface area contributed by atoms with Crippen LogP contribution in [-0.4, -0.2) is 22.8 Å². The van der Waals surface area contributed by atoms with Crippen molar-refractivity contribution >= 4 is 11.6 Å². The lowest BCUT2D eigenvalue weighted by Crippen LogP contribution is -2.32. The molecule has 1 aromatic heterocycles. The Hall–Kier alpha value is -2.14. The summed E-state index contributed by atoms with van der Waals surface area (Å²) in [5.41, 5.74) is 3.26. The number of hydrogen-bond donors (Lipinski definition) is 0. The van der Waals surface area contributed by atoms with E-state index in [9.17, 15) is 0 Å². The molecule has 1 saturated heterocycles. The minimum Gasteiger partial charge on any atom is -0.342 e. The lowest BCUT2D eigenvalue weighted by molar-refractivity contribution is -0.176. The van der Waals surface area contributed by atoms with Gasteiger partial charge in [-0.05, 0) is 23.3 Å². The predicted molar refractivity (Wildman–Crippen MR) is 92.7 cm³/mol. The van der Waals surface area contributed by atoms with E-state index in [4.69, 9.17) is 21.1 Å². The fourth-order valence-corrected chi connectivity index (χ4v) is 3.11. The van der Waals surface area contributed by atoms with Gasteiger partial charge in [0.05, 0.1) is 26.1 Å². The maximum atomic E-state index is 5.97. The lowest BCUT2D eigenvalue weighted by Gasteiger charge is -2.28. The van der Waals surface area contributed by atoms with Crippen LogP contribution in [0.2, 0.25) is 5.02 Å². The summed E-state index contributed by atoms with van der Waals surface area (Å²) in [6, 6.07) is 16.1. The standard InChI is InChI=1S/C19H17ClN2O2/c20-18-7-3-16(4-8-18)15-1-5-17(6-2-15)19(23-11-12-24-19)13-22-10-9-21-14-22/h1-10,14H,11-13H2. The third-order valence-electron chi connectivity index (χ3n) is 4.21. The van der Waals surface area contributed by atoms with E-state index in [2.05, 4.69) is 29.2 Å². The van der Waals surface area contributed by atoms with E-state index in [1.165, 1.54) is 0 Å². The van der Waals surface area contributed by atoms with Gasteiger partial charge in [-0.3, -0.25) is 0 Å². The molecule has 0 radical (unpaired) electrons. The minimum atomic E-state index is -0.751. The Bertz CT molecular complexity index is 792. The molecule has 0 bridgehead atoms. The topological polar surface area (TPSA) is 36.3 Å². The molecular weight excluding hydrogens is 324 g/mol. The molecule has 0 spiro atoms. The fourth-order valence-electron chi connectivity index (χ4n) is 2.98. The molecule has 4 nitrogen and oxygen atoms in total. The summed E-state index contributed by atoms with van der Waals surface area (Å²) < 4.78 is 13.9. The molecule has 5 heteroatoms. The molecule has 2 aromatic carbocycles. The first-order chi connectivity index (χ1) is 11.8. The van der Waals surface area contributed by atoms with Gasteiger partial charge >= 0.3 is 0 Å². The minimum absolute atomic E-state index is 0.577. The first kappa shape index (κ1) is 15.4. The van der Waals surface area contributed by atoms with Gasteiger partial charge in [0.15, 0.2) is 0 Å². The Morgan fingerprint density at radius 2 is 1.58 bits per heavy atom. The molecule has 0 aliphatic carbocycles. The zero-order valence-corrected chi connectivity index (χ0v) is 13.8. The average molecular weight is 341 g/mol. The number of halogens is 1. The Balaban J connectivity index is 1.63. The van der Waals surface area contributed by atoms with Gasteiger partial charge in [-0.2, -0.15) is 0 Å². The number of rotatable bonds is 4. The Morgan fingerprint density at radius 3 is 2.17 bits per heavy atom. The van der Waals surface area contributed by atoms with Crippen molar-refractivity contribution < 1.29 is 9.47 Å². The van der Waals surface area contributed by atoms with Crippen LogP contribution in [0.1, 0.15) is 5.56 Å². The first-order valence-corrected chi connectivity index (χ1v) is 8.23. The smallest absolute Gasteiger partial charge is 0.213 e. The van der Waals surface area contributed by atoms with Crippen LogP contribution in [0.4, 0.5) is 0 Å². The van der Waals surface area contributed by atoms with Crippen molar-refractivity contribution in [3.05, 3.63) is 77.8 Å². The van der Waals surface area contributed by atoms with Crippen LogP contribution < -0.4 is 0 Å². The van der Waals surface area contributed by atoms with E-state index in [0.717, 1.165) is 21.7 Å². The highest BCUT2D eigenvalue weighted by atomic mass is 35.5. The fraction of sp³-hybridized carbons (Fsp3) is 0.211. The number of ether oxygens (including phenoxy) is 2. The molecular formula is C19H17ClN2O2. The lowest BCUT2D eigenvalue weighted by atomic mass is 10.00. The third kappa shape index (κ3) is 2.96. The van der Waals surface area contributed by atoms with Crippen molar-refractivity contribution in [2.45, 2.75) is 12.3 Å². The SMILES string of the molecule is Clc1ccc(-c2ccc(C3(Cn4ccnc4)OCCO3)cc2)cc1. The predicted octanol–water partition coefficient (Wildman–Crippen LogP) is 4.10. The Morgan fingerprint density at radius 1 is 0.958 bits per heavy atom. The number of imidazole rings is 1. The van der Waals surface area contributed by atoms with Gasteiger partial charge in [0.2, 0.25) is 5.79 Å². The second-order valence-electron chi connectivity index (χ2n) is 5.77. The zero-order valence-electron chi connectivity index (χ0n) is 13.1. The second-order valence-corrected chi connectivity index (χ2v) is 6.21. The maximum Gasteiger partial charge on any atom is 0.213 e. The molecule has 1 aliphatic rings. The van der Waals surface area contributed by atoms with Gasteiger partial charge in [-0.15, -0.1) is 0 Å². The van der Waals surface area contributed by atoms with Gasteiger partial charge < -0.3 is 14.0 Å². The Kier molecular flexibility index (Phi) is 4.10. The van der Waals surface area contributed by atoms with Gasteiger partial charge in [0.25, 0.3) is 0 Å². The Labute approximate surface area is 145 Å². The first-order valence-electron chi connectivity index (χ1n) is 7.85. The number of nitrogens with zero attached hydrogens (tertiary/aromatic N) is 2. The zero-order chi connectivity index (χ0) is 16.4. The van der Waals surface area contributed by atoms with E-state index < -0.39 is 5.79 Å². The van der Waals surface area contributed by atoms with Gasteiger partial charge in [0, 0.05) is 23.0 Å². The van der Waals surface area contributed by atoms with Crippen molar-refractivity contribution in [2.24, 2.45) is 0 Å². The van der Waals surface area contributed by atoms with E-state index in [0.29, 0.717) is 19.8 Å². The van der Waals surface area contributed by atoms with Crippen LogP contribution in [0.25, 0.3) is 11.1 Å². The van der Waals surface area contributed by atoms with Crippen LogP contribution in [-0.2, 0) is 21.8 Å². The molecule has 1 aliphatic heterocycles. The van der Waals surface area contributed by atoms with Crippen molar-refractivity contribution in [2.75, 3.05) is 13.2 Å². The van der Waals surface area contributed by atoms with Crippen LogP contribution in [0.3, 0.4) is 0 Å². The average Bonchev–Trinajstić information content (AvgIpc) is 3.29. The summed E-state index contributed by atoms with van der Waals surface area (Å²) in [5.74, 6) is -0.751. The summed E-state index contributed by atoms with van der Waals surface area (Å²) in [6.45, 7) is 1.76. The van der Waals surface area contributed by atoms with Gasteiger partial charge in [-0.1, -0.05) is 48.0 Å². The van der Waals surface area contributed by atoms with E-state index in [-0.39, 0.29) is 0 Å². The summed E-state index contributed by atoms with van der Waals surface area (Å²) in [7, 11) is 0. The molecule has 2 heterocycles. The summed E-state index contributed by atoms with van der Waals surface area (Å²) in [5, 5.41) is 0.738. The monoisotopic (exact) mass is 340 g/mol. The van der Waals surface area contributed by atoms with Crippen molar-refractivity contribution in [1.29, 1.82) is 0 Å². The summed E-state index contributed by atoms with van der Waals surface area (Å²) >= 11 is 5.96. The molecule has 0 N–H and O–H groups in total. The number of hydrogen-bond acceptors (Lipinski definition) is 3. The molecule has 0 amide bonds. The molecule has 0 atom stereocenters. The highest BCUT2D eigenvalue weighted by Crippen LogP contribution is 2.34. The molecule has 3 aromatic rings. The number of benzene rings is 2. The molecule has 1 fully saturated rings. The van der Waals surface area contributed by atoms with E-state index >= 15 is 0 Å². The highest BCUT2D eigenvalue weighted by molar-refractivity contribution is 6.30. The molecule has 24 heavy (non-hydrogen) atoms. The third-order valence-corrected chi connectivity index (χ3v) is 4.46. The maximum absolute atomic E-state index is 5.97. The molecule has 4 rings (SSSR count). The van der Waals surface area contributed by atoms with Crippen molar-refractivity contribution in [1.82, 2.24) is 9.55 Å². The van der Waals surface area contributed by atoms with Crippen LogP contribution in [0.5, 0.6) is 0 Å². The normalized spacial score (nSPS) is 16.4. The highest BCUT2D eigenvalue weighted by Gasteiger charge is 2.39. The van der Waals surface area contributed by atoms with E-state index in [1.54, 1.807) is 12.5 Å². The van der Waals surface area contributed by atoms with E-state index in [1.807, 2.05) is 35.0 Å². The summed E-state index contributed by atoms with van der Waals surface area (Å²) in [6.07, 6.45) is 5.44. The van der Waals surface area contributed by atoms with Crippen LogP contribution in [0, 0.1) is 0 Å². The summed E-state index contributed by atoms with van der Waals surface area (Å²) in [4.78, 5) is 4.09. The molecule has 0 unspecified atom stereocenters.